The fourth-order valence-corrected chi connectivity index (χ4v) is 3.77. The summed E-state index contributed by atoms with van der Waals surface area (Å²) in [6.45, 7) is 8.13. The van der Waals surface area contributed by atoms with Crippen LogP contribution in [-0.2, 0) is 6.54 Å². The first-order chi connectivity index (χ1) is 13.1. The number of pyridine rings is 2. The first-order valence-electron chi connectivity index (χ1n) is 9.24. The second-order valence-electron chi connectivity index (χ2n) is 7.13. The van der Waals surface area contributed by atoms with Crippen molar-refractivity contribution in [3.63, 3.8) is 0 Å². The number of anilines is 1. The molecule has 0 atom stereocenters. The van der Waals surface area contributed by atoms with Gasteiger partial charge in [0, 0.05) is 24.3 Å². The topological polar surface area (TPSA) is 32.3 Å². The summed E-state index contributed by atoms with van der Waals surface area (Å²) in [5.74, 6) is 0. The molecule has 0 saturated heterocycles. The third kappa shape index (κ3) is 3.70. The highest BCUT2D eigenvalue weighted by atomic mass is 15.3. The Bertz CT molecular complexity index is 956. The van der Waals surface area contributed by atoms with Crippen molar-refractivity contribution in [1.29, 1.82) is 0 Å². The van der Waals surface area contributed by atoms with E-state index in [1.165, 1.54) is 22.4 Å². The second-order valence-corrected chi connectivity index (χ2v) is 7.13. The minimum absolute atomic E-state index is 0.775. The van der Waals surface area contributed by atoms with Crippen LogP contribution in [-0.4, -0.2) is 21.5 Å². The molecule has 27 heavy (non-hydrogen) atoms. The lowest BCUT2D eigenvalue weighted by Gasteiger charge is -2.24. The number of hydrogen-bond donors (Lipinski definition) is 0. The van der Waals surface area contributed by atoms with Crippen molar-refractivity contribution in [3.05, 3.63) is 89.5 Å². The van der Waals surface area contributed by atoms with Gasteiger partial charge in [0.25, 0.3) is 0 Å². The molecule has 0 spiro atoms. The standard InChI is InChI=1S/C23H24N4/c1-17-13-18(2)23(19(3)14-17)27-12-11-26(16-27)15-20-7-6-9-22(25-20)21-8-4-5-10-24-21/h4-14H,15-16H2,1-3H3. The van der Waals surface area contributed by atoms with Gasteiger partial charge in [-0.1, -0.05) is 29.8 Å². The maximum atomic E-state index is 4.79. The summed E-state index contributed by atoms with van der Waals surface area (Å²) in [5.41, 5.74) is 8.10. The summed E-state index contributed by atoms with van der Waals surface area (Å²) in [6, 6.07) is 16.5. The van der Waals surface area contributed by atoms with Gasteiger partial charge in [0.05, 0.1) is 30.3 Å². The van der Waals surface area contributed by atoms with Gasteiger partial charge in [-0.05, 0) is 56.2 Å². The van der Waals surface area contributed by atoms with E-state index in [-0.39, 0.29) is 0 Å². The molecule has 0 fully saturated rings. The van der Waals surface area contributed by atoms with Crippen molar-refractivity contribution in [2.24, 2.45) is 0 Å². The van der Waals surface area contributed by atoms with E-state index < -0.39 is 0 Å². The molecule has 1 aromatic carbocycles. The van der Waals surface area contributed by atoms with Crippen molar-refractivity contribution in [3.8, 4) is 11.4 Å². The molecule has 3 heterocycles. The predicted molar refractivity (Wildman–Crippen MR) is 110 cm³/mol. The Hall–Kier alpha value is -3.14. The zero-order valence-electron chi connectivity index (χ0n) is 16.1. The molecule has 0 saturated carbocycles. The largest absolute Gasteiger partial charge is 0.352 e. The number of aryl methyl sites for hydroxylation is 3. The van der Waals surface area contributed by atoms with E-state index in [0.29, 0.717) is 0 Å². The van der Waals surface area contributed by atoms with E-state index in [4.69, 9.17) is 4.98 Å². The number of nitrogens with zero attached hydrogens (tertiary/aromatic N) is 4. The van der Waals surface area contributed by atoms with Crippen LogP contribution >= 0.6 is 0 Å². The van der Waals surface area contributed by atoms with Crippen LogP contribution in [0.2, 0.25) is 0 Å². The number of hydrogen-bond acceptors (Lipinski definition) is 4. The molecule has 1 aliphatic heterocycles. The maximum absolute atomic E-state index is 4.79. The van der Waals surface area contributed by atoms with Crippen LogP contribution in [0.4, 0.5) is 5.69 Å². The number of benzene rings is 1. The third-order valence-electron chi connectivity index (χ3n) is 4.81. The zero-order valence-corrected chi connectivity index (χ0v) is 16.1. The summed E-state index contributed by atoms with van der Waals surface area (Å²) < 4.78 is 0. The van der Waals surface area contributed by atoms with Crippen LogP contribution in [0, 0.1) is 20.8 Å². The van der Waals surface area contributed by atoms with Gasteiger partial charge in [0.1, 0.15) is 0 Å². The average Bonchev–Trinajstić information content (AvgIpc) is 3.10. The summed E-state index contributed by atoms with van der Waals surface area (Å²) in [5, 5.41) is 0. The molecule has 4 heteroatoms. The Balaban J connectivity index is 1.49. The lowest BCUT2D eigenvalue weighted by Crippen LogP contribution is -2.26. The molecule has 136 valence electrons. The quantitative estimate of drug-likeness (QED) is 0.671. The molecule has 4 rings (SSSR count). The second kappa shape index (κ2) is 7.23. The first kappa shape index (κ1) is 17.3. The van der Waals surface area contributed by atoms with Gasteiger partial charge in [0.15, 0.2) is 0 Å². The molecule has 0 N–H and O–H groups in total. The Morgan fingerprint density at radius 3 is 2.41 bits per heavy atom. The minimum atomic E-state index is 0.775. The van der Waals surface area contributed by atoms with Crippen molar-refractivity contribution < 1.29 is 0 Å². The van der Waals surface area contributed by atoms with Crippen LogP contribution in [0.1, 0.15) is 22.4 Å². The Morgan fingerprint density at radius 2 is 1.67 bits per heavy atom. The van der Waals surface area contributed by atoms with E-state index in [2.05, 4.69) is 72.2 Å². The molecule has 0 aliphatic carbocycles. The summed E-state index contributed by atoms with van der Waals surface area (Å²) in [4.78, 5) is 13.8. The molecular weight excluding hydrogens is 332 g/mol. The summed E-state index contributed by atoms with van der Waals surface area (Å²) in [6.07, 6.45) is 6.11. The van der Waals surface area contributed by atoms with Crippen LogP contribution in [0.15, 0.2) is 67.1 Å². The smallest absolute Gasteiger partial charge is 0.0946 e. The predicted octanol–water partition coefficient (Wildman–Crippen LogP) is 4.82. The lowest BCUT2D eigenvalue weighted by molar-refractivity contribution is 0.395. The normalized spacial score (nSPS) is 13.4. The van der Waals surface area contributed by atoms with E-state index >= 15 is 0 Å². The van der Waals surface area contributed by atoms with Crippen LogP contribution < -0.4 is 4.90 Å². The van der Waals surface area contributed by atoms with Crippen molar-refractivity contribution in [2.75, 3.05) is 11.6 Å². The molecule has 2 aromatic heterocycles. The Morgan fingerprint density at radius 1 is 0.889 bits per heavy atom. The molecule has 0 radical (unpaired) electrons. The zero-order chi connectivity index (χ0) is 18.8. The first-order valence-corrected chi connectivity index (χ1v) is 9.24. The van der Waals surface area contributed by atoms with Gasteiger partial charge in [0.2, 0.25) is 0 Å². The highest BCUT2D eigenvalue weighted by molar-refractivity contribution is 5.62. The van der Waals surface area contributed by atoms with E-state index in [9.17, 15) is 0 Å². The van der Waals surface area contributed by atoms with Gasteiger partial charge >= 0.3 is 0 Å². The third-order valence-corrected chi connectivity index (χ3v) is 4.81. The number of aromatic nitrogens is 2. The van der Waals surface area contributed by atoms with Crippen LogP contribution in [0.5, 0.6) is 0 Å². The summed E-state index contributed by atoms with van der Waals surface area (Å²) in [7, 11) is 0. The lowest BCUT2D eigenvalue weighted by atomic mass is 10.0. The SMILES string of the molecule is Cc1cc(C)c(N2C=CN(Cc3cccc(-c4ccccn4)n3)C2)c(C)c1. The monoisotopic (exact) mass is 356 g/mol. The molecule has 0 unspecified atom stereocenters. The van der Waals surface area contributed by atoms with E-state index in [0.717, 1.165) is 30.3 Å². The average molecular weight is 356 g/mol. The molecule has 3 aromatic rings. The Kier molecular flexibility index (Phi) is 4.63. The van der Waals surface area contributed by atoms with Crippen LogP contribution in [0.25, 0.3) is 11.4 Å². The minimum Gasteiger partial charge on any atom is -0.352 e. The maximum Gasteiger partial charge on any atom is 0.0946 e. The molecule has 0 amide bonds. The van der Waals surface area contributed by atoms with Crippen LogP contribution in [0.3, 0.4) is 0 Å². The van der Waals surface area contributed by atoms with Gasteiger partial charge in [-0.2, -0.15) is 0 Å². The highest BCUT2D eigenvalue weighted by Gasteiger charge is 2.18. The number of rotatable bonds is 4. The molecule has 4 nitrogen and oxygen atoms in total. The van der Waals surface area contributed by atoms with Crippen molar-refractivity contribution >= 4 is 5.69 Å². The van der Waals surface area contributed by atoms with Gasteiger partial charge in [-0.15, -0.1) is 0 Å². The fourth-order valence-electron chi connectivity index (χ4n) is 3.77. The highest BCUT2D eigenvalue weighted by Crippen LogP contribution is 2.29. The fraction of sp³-hybridized carbons (Fsp3) is 0.217. The summed E-state index contributed by atoms with van der Waals surface area (Å²) >= 11 is 0. The molecule has 0 bridgehead atoms. The van der Waals surface area contributed by atoms with Gasteiger partial charge in [-0.25, -0.2) is 4.98 Å². The van der Waals surface area contributed by atoms with E-state index in [1.54, 1.807) is 6.20 Å². The van der Waals surface area contributed by atoms with Crippen molar-refractivity contribution in [1.82, 2.24) is 14.9 Å². The molecular formula is C23H24N4. The van der Waals surface area contributed by atoms with Gasteiger partial charge < -0.3 is 9.80 Å². The van der Waals surface area contributed by atoms with Gasteiger partial charge in [-0.3, -0.25) is 4.98 Å². The molecule has 1 aliphatic rings. The van der Waals surface area contributed by atoms with Crippen molar-refractivity contribution in [2.45, 2.75) is 27.3 Å². The Labute approximate surface area is 160 Å². The van der Waals surface area contributed by atoms with E-state index in [1.807, 2.05) is 24.3 Å².